The monoisotopic (exact) mass is 644 g/mol. The first kappa shape index (κ1) is 31.7. The van der Waals surface area contributed by atoms with E-state index in [1.54, 1.807) is 5.57 Å². The van der Waals surface area contributed by atoms with Gasteiger partial charge < -0.3 is 19.3 Å². The fourth-order valence-corrected chi connectivity index (χ4v) is 9.68. The number of aryl methyl sites for hydroxylation is 1. The highest BCUT2D eigenvalue weighted by Gasteiger charge is 2.63. The van der Waals surface area contributed by atoms with E-state index in [1.807, 2.05) is 60.6 Å². The number of benzene rings is 3. The largest absolute Gasteiger partial charge is 0.432 e. The molecule has 4 aliphatic rings. The van der Waals surface area contributed by atoms with Crippen LogP contribution in [-0.2, 0) is 6.42 Å². The normalized spacial score (nSPS) is 30.3. The Bertz CT molecular complexity index is 1910. The van der Waals surface area contributed by atoms with Crippen molar-refractivity contribution in [1.82, 2.24) is 5.16 Å². The maximum atomic E-state index is 11.1. The smallest absolute Gasteiger partial charge is 0.269 e. The molecule has 3 saturated carbocycles. The van der Waals surface area contributed by atoms with Crippen molar-refractivity contribution in [2.45, 2.75) is 71.3 Å². The van der Waals surface area contributed by atoms with Crippen LogP contribution in [0.4, 0.5) is 5.69 Å². The van der Waals surface area contributed by atoms with Crippen molar-refractivity contribution in [3.63, 3.8) is 0 Å². The molecule has 0 bridgehead atoms. The number of nitrogens with zero attached hydrogens (tertiary/aromatic N) is 2. The summed E-state index contributed by atoms with van der Waals surface area (Å²) in [6.45, 7) is 6.77. The summed E-state index contributed by atoms with van der Waals surface area (Å²) in [5.74, 6) is 6.39. The number of hydrogen-bond acceptors (Lipinski definition) is 5. The molecule has 6 unspecified atom stereocenters. The first-order valence-electron chi connectivity index (χ1n) is 16.9. The number of aliphatic hydroxyl groups is 1. The Morgan fingerprint density at radius 3 is 2.60 bits per heavy atom. The number of allylic oxidation sites excluding steroid dienone is 1. The predicted molar refractivity (Wildman–Crippen MR) is 193 cm³/mol. The quantitative estimate of drug-likeness (QED) is 0.174. The van der Waals surface area contributed by atoms with Crippen molar-refractivity contribution < 1.29 is 14.4 Å². The third-order valence-electron chi connectivity index (χ3n) is 12.3. The average molecular weight is 645 g/mol. The third-order valence-corrected chi connectivity index (χ3v) is 12.6. The van der Waals surface area contributed by atoms with E-state index >= 15 is 0 Å². The van der Waals surface area contributed by atoms with Gasteiger partial charge in [-0.05, 0) is 134 Å². The SMILES string of the molecule is C#CC1(O)CCC2C3CCC4=Cc5oncc5CC4(C)C3CCC21C.Cc1cccc(N(C)C(=S)Oc2ccc3ccccc3c2)c1. The fraction of sp³-hybridized carbons (Fsp3) is 0.415. The zero-order chi connectivity index (χ0) is 33.0. The van der Waals surface area contributed by atoms with Crippen LogP contribution in [0.15, 0.2) is 83.0 Å². The van der Waals surface area contributed by atoms with Crippen LogP contribution in [0, 0.1) is 47.9 Å². The third kappa shape index (κ3) is 5.38. The second kappa shape index (κ2) is 12.0. The molecule has 8 rings (SSSR count). The Morgan fingerprint density at radius 2 is 1.81 bits per heavy atom. The molecule has 3 fully saturated rings. The van der Waals surface area contributed by atoms with Gasteiger partial charge >= 0.3 is 0 Å². The number of ether oxygens (including phenoxy) is 1. The van der Waals surface area contributed by atoms with Gasteiger partial charge in [0.15, 0.2) is 5.76 Å². The summed E-state index contributed by atoms with van der Waals surface area (Å²) < 4.78 is 11.3. The number of thiocarbonyl (C=S) groups is 1. The van der Waals surface area contributed by atoms with E-state index in [4.69, 9.17) is 27.9 Å². The molecule has 6 heteroatoms. The molecular weight excluding hydrogens is 601 g/mol. The van der Waals surface area contributed by atoms with Crippen molar-refractivity contribution in [1.29, 1.82) is 0 Å². The van der Waals surface area contributed by atoms with Gasteiger partial charge in [-0.2, -0.15) is 0 Å². The summed E-state index contributed by atoms with van der Waals surface area (Å²) in [7, 11) is 1.91. The van der Waals surface area contributed by atoms with Gasteiger partial charge in [0, 0.05) is 23.7 Å². The molecule has 3 aromatic carbocycles. The van der Waals surface area contributed by atoms with Crippen LogP contribution in [0.2, 0.25) is 0 Å². The molecule has 47 heavy (non-hydrogen) atoms. The van der Waals surface area contributed by atoms with Gasteiger partial charge in [0.2, 0.25) is 0 Å². The molecule has 4 aromatic rings. The zero-order valence-electron chi connectivity index (χ0n) is 27.8. The van der Waals surface area contributed by atoms with Crippen LogP contribution in [0.25, 0.3) is 16.8 Å². The lowest BCUT2D eigenvalue weighted by Gasteiger charge is -2.58. The molecule has 1 heterocycles. The van der Waals surface area contributed by atoms with E-state index < -0.39 is 5.60 Å². The van der Waals surface area contributed by atoms with Gasteiger partial charge in [-0.15, -0.1) is 6.42 Å². The number of rotatable bonds is 2. The Morgan fingerprint density at radius 1 is 1.02 bits per heavy atom. The summed E-state index contributed by atoms with van der Waals surface area (Å²) in [5.41, 5.74) is 4.20. The molecule has 0 spiro atoms. The Hall–Kier alpha value is -3.92. The molecule has 4 aliphatic carbocycles. The standard InChI is InChI=1S/C22H27NO2.C19H17NOS/c1-4-22(24)10-8-18-16-6-5-15-11-19-14(13-23-25-19)12-20(15,2)17(16)7-9-21(18,22)3;1-14-6-5-9-17(12-14)20(2)19(22)21-18-11-10-15-7-3-4-8-16(15)13-18/h1,11,13,16-18,24H,5-10,12H2,2-3H3;3-13H,1-2H3. The highest BCUT2D eigenvalue weighted by molar-refractivity contribution is 7.80. The molecule has 0 aliphatic heterocycles. The minimum atomic E-state index is -0.909. The van der Waals surface area contributed by atoms with Crippen molar-refractivity contribution in [2.75, 3.05) is 11.9 Å². The van der Waals surface area contributed by atoms with Crippen molar-refractivity contribution >= 4 is 39.9 Å². The fourth-order valence-electron chi connectivity index (χ4n) is 9.48. The molecule has 1 aromatic heterocycles. The lowest BCUT2D eigenvalue weighted by Crippen LogP contribution is -2.54. The first-order valence-corrected chi connectivity index (χ1v) is 17.3. The number of anilines is 1. The summed E-state index contributed by atoms with van der Waals surface area (Å²) in [6, 6.07) is 22.3. The highest BCUT2D eigenvalue weighted by Crippen LogP contribution is 2.67. The Labute approximate surface area is 284 Å². The molecule has 5 nitrogen and oxygen atoms in total. The van der Waals surface area contributed by atoms with Crippen LogP contribution in [-0.4, -0.2) is 28.1 Å². The van der Waals surface area contributed by atoms with E-state index in [2.05, 4.69) is 62.2 Å². The lowest BCUT2D eigenvalue weighted by molar-refractivity contribution is -0.0975. The van der Waals surface area contributed by atoms with E-state index in [-0.39, 0.29) is 10.8 Å². The van der Waals surface area contributed by atoms with E-state index in [1.165, 1.54) is 22.9 Å². The minimum absolute atomic E-state index is 0.114. The maximum Gasteiger partial charge on any atom is 0.269 e. The molecule has 0 amide bonds. The Kier molecular flexibility index (Phi) is 8.05. The summed E-state index contributed by atoms with van der Waals surface area (Å²) in [4.78, 5) is 1.87. The van der Waals surface area contributed by atoms with Crippen molar-refractivity contribution in [3.8, 4) is 18.1 Å². The molecule has 0 saturated heterocycles. The topological polar surface area (TPSA) is 58.7 Å². The van der Waals surface area contributed by atoms with Gasteiger partial charge in [-0.1, -0.05) is 73.0 Å². The highest BCUT2D eigenvalue weighted by atomic mass is 32.1. The van der Waals surface area contributed by atoms with E-state index in [9.17, 15) is 5.11 Å². The van der Waals surface area contributed by atoms with Gasteiger partial charge in [0.05, 0.1) is 6.20 Å². The molecule has 1 N–H and O–H groups in total. The summed E-state index contributed by atoms with van der Waals surface area (Å²) in [6.07, 6.45) is 17.4. The van der Waals surface area contributed by atoms with Crippen LogP contribution in [0.5, 0.6) is 5.75 Å². The van der Waals surface area contributed by atoms with Crippen LogP contribution < -0.4 is 9.64 Å². The van der Waals surface area contributed by atoms with Crippen molar-refractivity contribution in [3.05, 3.63) is 95.4 Å². The predicted octanol–water partition coefficient (Wildman–Crippen LogP) is 9.17. The van der Waals surface area contributed by atoms with Crippen LogP contribution >= 0.6 is 12.2 Å². The number of hydrogen-bond donors (Lipinski definition) is 1. The summed E-state index contributed by atoms with van der Waals surface area (Å²) in [5, 5.41) is 17.9. The van der Waals surface area contributed by atoms with E-state index in [0.29, 0.717) is 22.9 Å². The van der Waals surface area contributed by atoms with Crippen molar-refractivity contribution in [2.24, 2.45) is 28.6 Å². The second-order valence-electron chi connectivity index (χ2n) is 14.7. The second-order valence-corrected chi connectivity index (χ2v) is 15.0. The molecular formula is C41H44N2O3S. The van der Waals surface area contributed by atoms with Gasteiger partial charge in [-0.25, -0.2) is 0 Å². The lowest BCUT2D eigenvalue weighted by atomic mass is 9.46. The zero-order valence-corrected chi connectivity index (χ0v) is 28.6. The molecule has 242 valence electrons. The number of aromatic nitrogens is 1. The Balaban J connectivity index is 0.000000151. The first-order chi connectivity index (χ1) is 22.5. The summed E-state index contributed by atoms with van der Waals surface area (Å²) >= 11 is 5.41. The van der Waals surface area contributed by atoms with Crippen LogP contribution in [0.1, 0.15) is 69.3 Å². The van der Waals surface area contributed by atoms with E-state index in [0.717, 1.165) is 61.1 Å². The average Bonchev–Trinajstić information content (AvgIpc) is 3.63. The van der Waals surface area contributed by atoms with Gasteiger partial charge in [-0.3, -0.25) is 0 Å². The van der Waals surface area contributed by atoms with Gasteiger partial charge in [0.25, 0.3) is 5.17 Å². The molecule has 0 radical (unpaired) electrons. The molecule has 6 atom stereocenters. The minimum Gasteiger partial charge on any atom is -0.432 e. The number of terminal acetylenes is 1. The maximum absolute atomic E-state index is 11.1. The number of fused-ring (bicyclic) bond motifs is 7. The van der Waals surface area contributed by atoms with Crippen LogP contribution in [0.3, 0.4) is 0 Å². The van der Waals surface area contributed by atoms with Gasteiger partial charge in [0.1, 0.15) is 11.4 Å².